The average Bonchev–Trinajstić information content (AvgIpc) is 3.13. The minimum Gasteiger partial charge on any atom is -0.481 e. The van der Waals surface area contributed by atoms with Crippen LogP contribution in [0.4, 0.5) is 0 Å². The van der Waals surface area contributed by atoms with E-state index >= 15 is 0 Å². The van der Waals surface area contributed by atoms with Crippen LogP contribution in [0.2, 0.25) is 0 Å². The van der Waals surface area contributed by atoms with Crippen LogP contribution in [-0.4, -0.2) is 22.3 Å². The molecule has 4 unspecified atom stereocenters. The second kappa shape index (κ2) is 7.34. The number of hydrogen-bond donors (Lipinski definition) is 2. The summed E-state index contributed by atoms with van der Waals surface area (Å²) in [6.07, 6.45) is 10.5. The summed E-state index contributed by atoms with van der Waals surface area (Å²) in [6.45, 7) is 18.8. The molecule has 0 bridgehead atoms. The normalized spacial score (nSPS) is 53.4. The monoisotopic (exact) mass is 723 g/mol. The van der Waals surface area contributed by atoms with Gasteiger partial charge in [-0.15, -0.1) is 0 Å². The van der Waals surface area contributed by atoms with Crippen LogP contribution in [0.5, 0.6) is 0 Å². The van der Waals surface area contributed by atoms with E-state index in [0.29, 0.717) is 23.7 Å². The van der Waals surface area contributed by atoms with Crippen LogP contribution in [-0.2, 0) is 4.79 Å². The number of fused-ring (bicyclic) bond motifs is 7. The molecular formula is C30H48O3Rf. The zero-order chi connectivity index (χ0) is 24.2. The molecule has 5 fully saturated rings. The Kier molecular flexibility index (Phi) is 5.46. The molecule has 188 valence electrons. The Morgan fingerprint density at radius 3 is 2.12 bits per heavy atom. The zero-order valence-electron chi connectivity index (χ0n) is 22.8. The first-order valence-electron chi connectivity index (χ1n) is 13.8. The van der Waals surface area contributed by atoms with E-state index in [0.717, 1.165) is 38.5 Å². The molecule has 0 aliphatic heterocycles. The van der Waals surface area contributed by atoms with Crippen molar-refractivity contribution < 1.29 is 15.0 Å². The Hall–Kier alpha value is -1.83. The first kappa shape index (κ1) is 25.3. The molecule has 34 heavy (non-hydrogen) atoms. The van der Waals surface area contributed by atoms with E-state index in [4.69, 9.17) is 0 Å². The molecule has 3 nitrogen and oxygen atoms in total. The smallest absolute Gasteiger partial charge is 0.309 e. The quantitative estimate of drug-likeness (QED) is 0.300. The van der Waals surface area contributed by atoms with Gasteiger partial charge in [0.15, 0.2) is 0 Å². The number of rotatable bonds is 2. The molecule has 10 atom stereocenters. The third-order valence-corrected chi connectivity index (χ3v) is 13.5. The molecule has 0 heterocycles. The molecule has 4 heteroatoms. The number of carboxylic acids is 1. The number of carboxylic acid groups (broad SMARTS) is 1. The maximum Gasteiger partial charge on any atom is 0.309 e. The molecule has 0 aromatic carbocycles. The van der Waals surface area contributed by atoms with E-state index in [2.05, 4.69) is 48.1 Å². The number of aliphatic carboxylic acids is 1. The van der Waals surface area contributed by atoms with Crippen molar-refractivity contribution in [2.75, 3.05) is 0 Å². The third kappa shape index (κ3) is 2.72. The molecule has 2 N–H and O–H groups in total. The number of carbonyl (C=O) groups is 1. The van der Waals surface area contributed by atoms with Gasteiger partial charge >= 0.3 is 5.97 Å². The predicted octanol–water partition coefficient (Wildman–Crippen LogP) is 7.09. The van der Waals surface area contributed by atoms with Gasteiger partial charge in [0.05, 0.1) is 11.5 Å². The second-order valence-electron chi connectivity index (χ2n) is 14.5. The number of allylic oxidation sites excluding steroid dienone is 1. The zero-order valence-corrected chi connectivity index (χ0v) is 29.2. The molecule has 5 aliphatic rings. The average molecular weight is 724 g/mol. The fourth-order valence-electron chi connectivity index (χ4n) is 11.5. The van der Waals surface area contributed by atoms with E-state index < -0.39 is 11.4 Å². The third-order valence-electron chi connectivity index (χ3n) is 13.5. The van der Waals surface area contributed by atoms with Crippen molar-refractivity contribution in [3.63, 3.8) is 0 Å². The van der Waals surface area contributed by atoms with Gasteiger partial charge in [-0.2, -0.15) is 0 Å². The molecule has 5 rings (SSSR count). The molecule has 0 aromatic heterocycles. The van der Waals surface area contributed by atoms with Crippen molar-refractivity contribution in [2.45, 2.75) is 112 Å². The number of aliphatic hydroxyl groups excluding tert-OH is 1. The van der Waals surface area contributed by atoms with Crippen LogP contribution in [0.1, 0.15) is 106 Å². The Morgan fingerprint density at radius 1 is 0.824 bits per heavy atom. The predicted molar refractivity (Wildman–Crippen MR) is 133 cm³/mol. The van der Waals surface area contributed by atoms with Crippen LogP contribution in [0.15, 0.2) is 12.2 Å². The SMILES string of the molecule is C=C(C)[C@@H]1CC[C@]2(C(=O)O)CC[C@]3(C)C(CCC4[C@@]5(C)CC[C@H](O)C(C)(C)C5CC[C@]43C)C12.[Rf]. The Balaban J connectivity index is 0.00000274. The standard InChI is InChI=1S/C30H48O3.Rf/c1-18(2)19-10-15-30(25(32)33)17-16-28(6)20(24(19)30)8-9-22-27(5)13-12-23(31)26(3,4)21(27)11-14-29(22,28)7;/h19-24,31H,1,8-17H2,2-7H3,(H,32,33);/t19-,20?,21?,22?,23-,24?,27-,28+,29+,30-;/m0./s1. The van der Waals surface area contributed by atoms with Crippen LogP contribution in [0.3, 0.4) is 0 Å². The molecule has 0 saturated heterocycles. The van der Waals surface area contributed by atoms with Crippen LogP contribution in [0, 0.1) is 56.7 Å². The summed E-state index contributed by atoms with van der Waals surface area (Å²) in [5, 5.41) is 21.4. The summed E-state index contributed by atoms with van der Waals surface area (Å²) in [6, 6.07) is 0. The van der Waals surface area contributed by atoms with Crippen molar-refractivity contribution in [2.24, 2.45) is 56.7 Å². The summed E-state index contributed by atoms with van der Waals surface area (Å²) in [5.41, 5.74) is 1.35. The van der Waals surface area contributed by atoms with Crippen LogP contribution < -0.4 is 0 Å². The molecule has 0 aromatic rings. The maximum absolute atomic E-state index is 12.8. The second-order valence-corrected chi connectivity index (χ2v) is 14.5. The van der Waals surface area contributed by atoms with Crippen molar-refractivity contribution in [3.05, 3.63) is 12.2 Å². The summed E-state index contributed by atoms with van der Waals surface area (Å²) in [4.78, 5) is 12.8. The Labute approximate surface area is 201 Å². The Bertz CT molecular complexity index is 867. The van der Waals surface area contributed by atoms with Crippen molar-refractivity contribution in [1.82, 2.24) is 0 Å². The van der Waals surface area contributed by atoms with Crippen LogP contribution >= 0.6 is 0 Å². The van der Waals surface area contributed by atoms with Gasteiger partial charge < -0.3 is 10.2 Å². The van der Waals surface area contributed by atoms with Crippen LogP contribution in [0.25, 0.3) is 0 Å². The van der Waals surface area contributed by atoms with Gasteiger partial charge in [-0.25, -0.2) is 0 Å². The van der Waals surface area contributed by atoms with Gasteiger partial charge in [0.1, 0.15) is 0 Å². The summed E-state index contributed by atoms with van der Waals surface area (Å²) in [7, 11) is 0. The number of hydrogen-bond acceptors (Lipinski definition) is 2. The largest absolute Gasteiger partial charge is 0.481 e. The van der Waals surface area contributed by atoms with Gasteiger partial charge in [0, 0.05) is 0 Å². The minimum absolute atomic E-state index is 0. The molecule has 5 saturated carbocycles. The molecule has 5 aliphatic carbocycles. The van der Waals surface area contributed by atoms with Crippen molar-refractivity contribution >= 4 is 5.97 Å². The summed E-state index contributed by atoms with van der Waals surface area (Å²) < 4.78 is 0. The Morgan fingerprint density at radius 2 is 1.50 bits per heavy atom. The van der Waals surface area contributed by atoms with Crippen molar-refractivity contribution in [3.8, 4) is 0 Å². The van der Waals surface area contributed by atoms with Crippen molar-refractivity contribution in [1.29, 1.82) is 0 Å². The molecule has 0 radical (unpaired) electrons. The van der Waals surface area contributed by atoms with Gasteiger partial charge in [-0.1, -0.05) is 46.8 Å². The van der Waals surface area contributed by atoms with Gasteiger partial charge in [0.2, 0.25) is 0 Å². The summed E-state index contributed by atoms with van der Waals surface area (Å²) in [5.74, 6) is 1.79. The van der Waals surface area contributed by atoms with Gasteiger partial charge in [-0.3, -0.25) is 4.79 Å². The van der Waals surface area contributed by atoms with E-state index in [1.807, 2.05) is 0 Å². The number of aliphatic hydroxyl groups is 1. The molecule has 0 spiro atoms. The topological polar surface area (TPSA) is 57.5 Å². The van der Waals surface area contributed by atoms with E-state index in [1.165, 1.54) is 31.3 Å². The van der Waals surface area contributed by atoms with E-state index in [1.54, 1.807) is 0 Å². The fraction of sp³-hybridized carbons (Fsp3) is 0.900. The molecule has 0 amide bonds. The molecular weight excluding hydrogens is 675 g/mol. The fourth-order valence-corrected chi connectivity index (χ4v) is 11.5. The summed E-state index contributed by atoms with van der Waals surface area (Å²) >= 11 is 0. The van der Waals surface area contributed by atoms with E-state index in [9.17, 15) is 15.0 Å². The first-order valence-corrected chi connectivity index (χ1v) is 13.8. The first-order chi connectivity index (χ1) is 15.3. The maximum atomic E-state index is 12.8. The van der Waals surface area contributed by atoms with E-state index in [-0.39, 0.29) is 33.7 Å². The van der Waals surface area contributed by atoms with Gasteiger partial charge in [-0.05, 0) is 122 Å². The van der Waals surface area contributed by atoms with Gasteiger partial charge in [0.25, 0.3) is 0 Å². The minimum atomic E-state index is -0.538.